The van der Waals surface area contributed by atoms with Crippen LogP contribution in [0.1, 0.15) is 22.6 Å². The molecule has 36 heavy (non-hydrogen) atoms. The lowest BCUT2D eigenvalue weighted by molar-refractivity contribution is -0.153. The second-order valence-corrected chi connectivity index (χ2v) is 8.66. The number of aliphatic carboxylic acids is 1. The topological polar surface area (TPSA) is 84.9 Å². The summed E-state index contributed by atoms with van der Waals surface area (Å²) in [6, 6.07) is 17.8. The van der Waals surface area contributed by atoms with Crippen molar-refractivity contribution in [3.8, 4) is 16.9 Å². The zero-order chi connectivity index (χ0) is 25.9. The van der Waals surface area contributed by atoms with Crippen LogP contribution in [0.5, 0.6) is 5.75 Å². The van der Waals surface area contributed by atoms with E-state index in [9.17, 15) is 27.9 Å². The lowest BCUT2D eigenvalue weighted by Crippen LogP contribution is -2.43. The number of carboxylic acid groups (broad SMARTS) is 1. The number of benzene rings is 3. The van der Waals surface area contributed by atoms with Crippen LogP contribution < -0.4 is 10.1 Å². The molecule has 0 bridgehead atoms. The third-order valence-electron chi connectivity index (χ3n) is 5.77. The number of amides is 1. The summed E-state index contributed by atoms with van der Waals surface area (Å²) in [6.07, 6.45) is -5.92. The maximum absolute atomic E-state index is 12.6. The van der Waals surface area contributed by atoms with E-state index in [1.807, 2.05) is 48.5 Å². The molecule has 3 aromatic carbocycles. The molecular formula is C26H21ClF3NO5. The van der Waals surface area contributed by atoms with Crippen molar-refractivity contribution < 1.29 is 37.3 Å². The first kappa shape index (κ1) is 25.4. The average Bonchev–Trinajstić information content (AvgIpc) is 3.15. The number of hydrogen-bond acceptors (Lipinski definition) is 4. The highest BCUT2D eigenvalue weighted by molar-refractivity contribution is 6.30. The van der Waals surface area contributed by atoms with Crippen molar-refractivity contribution >= 4 is 23.7 Å². The van der Waals surface area contributed by atoms with E-state index in [0.717, 1.165) is 22.3 Å². The van der Waals surface area contributed by atoms with E-state index < -0.39 is 30.9 Å². The molecule has 0 unspecified atom stereocenters. The summed E-state index contributed by atoms with van der Waals surface area (Å²) in [5, 5.41) is 12.1. The number of halogens is 4. The molecule has 1 aliphatic carbocycles. The van der Waals surface area contributed by atoms with Gasteiger partial charge in [-0.3, -0.25) is 0 Å². The van der Waals surface area contributed by atoms with Gasteiger partial charge in [-0.25, -0.2) is 9.59 Å². The fourth-order valence-corrected chi connectivity index (χ4v) is 4.40. The SMILES string of the molecule is O=C(N[C@@H](Cc1cc(Cl)ccc1OCC(F)(F)F)C(=O)O)OCC1c2ccccc2-c2ccccc21. The smallest absolute Gasteiger partial charge is 0.422 e. The summed E-state index contributed by atoms with van der Waals surface area (Å²) >= 11 is 5.94. The van der Waals surface area contributed by atoms with Gasteiger partial charge in [0.05, 0.1) is 0 Å². The first-order valence-electron chi connectivity index (χ1n) is 10.9. The second-order valence-electron chi connectivity index (χ2n) is 8.22. The Kier molecular flexibility index (Phi) is 7.40. The van der Waals surface area contributed by atoms with Gasteiger partial charge in [-0.2, -0.15) is 13.2 Å². The molecule has 0 aromatic heterocycles. The predicted molar refractivity (Wildman–Crippen MR) is 126 cm³/mol. The van der Waals surface area contributed by atoms with E-state index in [0.29, 0.717) is 0 Å². The van der Waals surface area contributed by atoms with Crippen molar-refractivity contribution in [3.05, 3.63) is 88.4 Å². The van der Waals surface area contributed by atoms with Gasteiger partial charge in [0.2, 0.25) is 0 Å². The van der Waals surface area contributed by atoms with Gasteiger partial charge in [-0.15, -0.1) is 0 Å². The molecule has 0 heterocycles. The fourth-order valence-electron chi connectivity index (χ4n) is 4.21. The van der Waals surface area contributed by atoms with Crippen LogP contribution >= 0.6 is 11.6 Å². The Balaban J connectivity index is 1.44. The Morgan fingerprint density at radius 2 is 1.61 bits per heavy atom. The first-order chi connectivity index (χ1) is 17.1. The van der Waals surface area contributed by atoms with Crippen molar-refractivity contribution in [1.82, 2.24) is 5.32 Å². The summed E-state index contributed by atoms with van der Waals surface area (Å²) in [6.45, 7) is -1.58. The van der Waals surface area contributed by atoms with Gasteiger partial charge in [0.1, 0.15) is 18.4 Å². The Bertz CT molecular complexity index is 1230. The highest BCUT2D eigenvalue weighted by Crippen LogP contribution is 2.44. The number of fused-ring (bicyclic) bond motifs is 3. The zero-order valence-electron chi connectivity index (χ0n) is 18.7. The largest absolute Gasteiger partial charge is 0.484 e. The molecule has 0 saturated carbocycles. The summed E-state index contributed by atoms with van der Waals surface area (Å²) in [5.41, 5.74) is 4.16. The van der Waals surface area contributed by atoms with Crippen LogP contribution in [0.3, 0.4) is 0 Å². The number of alkyl carbamates (subject to hydrolysis) is 1. The van der Waals surface area contributed by atoms with Gasteiger partial charge in [-0.05, 0) is 46.0 Å². The maximum Gasteiger partial charge on any atom is 0.422 e. The zero-order valence-corrected chi connectivity index (χ0v) is 19.5. The van der Waals surface area contributed by atoms with E-state index in [1.54, 1.807) is 0 Å². The first-order valence-corrected chi connectivity index (χ1v) is 11.3. The Hall–Kier alpha value is -3.72. The van der Waals surface area contributed by atoms with Gasteiger partial charge in [0.25, 0.3) is 0 Å². The van der Waals surface area contributed by atoms with E-state index in [1.165, 1.54) is 18.2 Å². The van der Waals surface area contributed by atoms with Crippen molar-refractivity contribution in [2.45, 2.75) is 24.6 Å². The average molecular weight is 520 g/mol. The van der Waals surface area contributed by atoms with Crippen molar-refractivity contribution in [1.29, 1.82) is 0 Å². The molecule has 1 amide bonds. The molecule has 0 aliphatic heterocycles. The number of alkyl halides is 3. The van der Waals surface area contributed by atoms with Crippen LogP contribution in [-0.4, -0.2) is 42.6 Å². The number of nitrogens with one attached hydrogen (secondary N) is 1. The minimum absolute atomic E-state index is 0.0245. The Morgan fingerprint density at radius 3 is 2.19 bits per heavy atom. The molecule has 0 saturated heterocycles. The Morgan fingerprint density at radius 1 is 1.00 bits per heavy atom. The van der Waals surface area contributed by atoms with E-state index in [-0.39, 0.29) is 35.3 Å². The highest BCUT2D eigenvalue weighted by Gasteiger charge is 2.31. The number of hydrogen-bond donors (Lipinski definition) is 2. The van der Waals surface area contributed by atoms with Crippen LogP contribution in [0.4, 0.5) is 18.0 Å². The molecule has 1 atom stereocenters. The lowest BCUT2D eigenvalue weighted by atomic mass is 9.98. The van der Waals surface area contributed by atoms with Crippen LogP contribution in [0.15, 0.2) is 66.7 Å². The van der Waals surface area contributed by atoms with Gasteiger partial charge >= 0.3 is 18.2 Å². The fraction of sp³-hybridized carbons (Fsp3) is 0.231. The van der Waals surface area contributed by atoms with Crippen LogP contribution in [0.25, 0.3) is 11.1 Å². The molecule has 3 aromatic rings. The standard InChI is InChI=1S/C26H21ClF3NO5/c27-16-9-10-23(36-14-26(28,29)30)15(11-16)12-22(24(32)33)31-25(34)35-13-21-19-7-3-1-5-17(19)18-6-2-4-8-20(18)21/h1-11,21-22H,12-14H2,(H,31,34)(H,32,33)/t22-/m0/s1. The van der Waals surface area contributed by atoms with Crippen molar-refractivity contribution in [2.24, 2.45) is 0 Å². The minimum atomic E-state index is -4.58. The van der Waals surface area contributed by atoms with Crippen LogP contribution in [0.2, 0.25) is 5.02 Å². The minimum Gasteiger partial charge on any atom is -0.484 e. The Labute approximate surface area is 209 Å². The number of carboxylic acids is 1. The van der Waals surface area contributed by atoms with E-state index in [2.05, 4.69) is 5.32 Å². The monoisotopic (exact) mass is 519 g/mol. The molecule has 0 fully saturated rings. The van der Waals surface area contributed by atoms with Crippen LogP contribution in [0, 0.1) is 0 Å². The molecule has 1 aliphatic rings. The predicted octanol–water partition coefficient (Wildman–Crippen LogP) is 5.82. The molecular weight excluding hydrogens is 499 g/mol. The van der Waals surface area contributed by atoms with Gasteiger partial charge in [0.15, 0.2) is 6.61 Å². The van der Waals surface area contributed by atoms with E-state index in [4.69, 9.17) is 21.1 Å². The number of carbonyl (C=O) groups is 2. The second kappa shape index (κ2) is 10.5. The van der Waals surface area contributed by atoms with Crippen LogP contribution in [-0.2, 0) is 16.0 Å². The molecule has 0 spiro atoms. The third kappa shape index (κ3) is 5.91. The number of carbonyl (C=O) groups excluding carboxylic acids is 1. The van der Waals surface area contributed by atoms with Crippen molar-refractivity contribution in [2.75, 3.05) is 13.2 Å². The lowest BCUT2D eigenvalue weighted by Gasteiger charge is -2.19. The number of ether oxygens (including phenoxy) is 2. The highest BCUT2D eigenvalue weighted by atomic mass is 35.5. The summed E-state index contributed by atoms with van der Waals surface area (Å²) < 4.78 is 48.0. The van der Waals surface area contributed by atoms with E-state index >= 15 is 0 Å². The summed E-state index contributed by atoms with van der Waals surface area (Å²) in [7, 11) is 0. The summed E-state index contributed by atoms with van der Waals surface area (Å²) in [5.74, 6) is -1.80. The molecule has 6 nitrogen and oxygen atoms in total. The van der Waals surface area contributed by atoms with Gasteiger partial charge < -0.3 is 19.9 Å². The third-order valence-corrected chi connectivity index (χ3v) is 6.01. The normalized spacial score (nSPS) is 13.4. The molecule has 10 heteroatoms. The quantitative estimate of drug-likeness (QED) is 0.392. The van der Waals surface area contributed by atoms with Crippen molar-refractivity contribution in [3.63, 3.8) is 0 Å². The molecule has 4 rings (SSSR count). The van der Waals surface area contributed by atoms with Gasteiger partial charge in [0, 0.05) is 17.4 Å². The molecule has 0 radical (unpaired) electrons. The number of rotatable bonds is 8. The summed E-state index contributed by atoms with van der Waals surface area (Å²) in [4.78, 5) is 24.4. The molecule has 188 valence electrons. The molecule has 2 N–H and O–H groups in total. The van der Waals surface area contributed by atoms with Gasteiger partial charge in [-0.1, -0.05) is 60.1 Å². The maximum atomic E-state index is 12.6.